The van der Waals surface area contributed by atoms with Crippen molar-refractivity contribution < 1.29 is 5.11 Å². The maximum Gasteiger partial charge on any atom is 0.142 e. The Morgan fingerprint density at radius 2 is 0.644 bits per heavy atom. The number of aliphatic hydroxyl groups is 1. The second-order valence-electron chi connectivity index (χ2n) is 15.1. The third-order valence-electron chi connectivity index (χ3n) is 11.9. The molecule has 0 bridgehead atoms. The van der Waals surface area contributed by atoms with Crippen molar-refractivity contribution in [2.75, 3.05) is 0 Å². The monoisotopic (exact) mass is 1010 g/mol. The molecule has 0 atom stereocenters. The Hall–Kier alpha value is -4.88. The van der Waals surface area contributed by atoms with Gasteiger partial charge in [-0.25, -0.2) is 0 Å². The average Bonchev–Trinajstić information content (AvgIpc) is 3.41. The first-order chi connectivity index (χ1) is 28.8. The summed E-state index contributed by atoms with van der Waals surface area (Å²) in [6, 6.07) is 61.6. The van der Waals surface area contributed by atoms with Gasteiger partial charge in [0, 0.05) is 34.6 Å². The molecule has 1 nitrogen and oxygen atoms in total. The molecule has 5 heteroatoms. The van der Waals surface area contributed by atoms with Gasteiger partial charge in [0.2, 0.25) is 0 Å². The first kappa shape index (κ1) is 38.3. The lowest BCUT2D eigenvalue weighted by atomic mass is 9.66. The molecular weight excluding hydrogens is 984 g/mol. The average molecular weight is 1020 g/mol. The van der Waals surface area contributed by atoms with E-state index in [0.29, 0.717) is 0 Å². The van der Waals surface area contributed by atoms with Crippen LogP contribution in [0.2, 0.25) is 0 Å². The van der Waals surface area contributed by atoms with Gasteiger partial charge in [-0.05, 0) is 115 Å². The summed E-state index contributed by atoms with van der Waals surface area (Å²) in [5.74, 6) is 0. The van der Waals surface area contributed by atoms with Gasteiger partial charge in [-0.15, -0.1) is 0 Å². The van der Waals surface area contributed by atoms with Crippen molar-refractivity contribution in [2.24, 2.45) is 0 Å². The first-order valence-electron chi connectivity index (χ1n) is 19.4. The van der Waals surface area contributed by atoms with E-state index >= 15 is 0 Å². The third-order valence-corrected chi connectivity index (χ3v) is 13.9. The van der Waals surface area contributed by atoms with Crippen molar-refractivity contribution in [3.63, 3.8) is 0 Å². The second-order valence-corrected chi connectivity index (χ2v) is 18.7. The van der Waals surface area contributed by atoms with Crippen LogP contribution >= 0.6 is 63.7 Å². The zero-order valence-corrected chi connectivity index (χ0v) is 37.9. The molecule has 0 fully saturated rings. The van der Waals surface area contributed by atoms with Crippen LogP contribution in [0.1, 0.15) is 61.2 Å². The standard InChI is InChI=1S/C27H18Br2O.C27H16Br2/c28-21-14-12-19-10-11-20-13-15-22(29)17-26(20)27(30,25(19)16-21)24-9-5-4-8-23(24)18-6-2-1-3-7-18;28-19-13-11-17-9-10-18-12-14-20(29)16-26(18)27(25(17)15-19)23-7-3-1-5-21(23)22-6-2-4-8-24(22)27/h1-17,30H;1-16H. The number of hydrogen-bond donors (Lipinski definition) is 1. The fourth-order valence-corrected chi connectivity index (χ4v) is 10.8. The zero-order valence-electron chi connectivity index (χ0n) is 31.5. The predicted molar refractivity (Wildman–Crippen MR) is 259 cm³/mol. The Kier molecular flexibility index (Phi) is 9.94. The Morgan fingerprint density at radius 3 is 1.08 bits per heavy atom. The fourth-order valence-electron chi connectivity index (χ4n) is 9.39. The SMILES string of the molecule is Brc1ccc2c(c1)C1(c3cc(Br)ccc3C=C2)c2ccccc2-c2ccccc21.OC1(c2ccccc2-c2ccccc2)c2cc(Br)ccc2C=Cc2ccc(Br)cc21. The highest BCUT2D eigenvalue weighted by molar-refractivity contribution is 9.11. The topological polar surface area (TPSA) is 20.2 Å². The minimum absolute atomic E-state index is 0.352. The second kappa shape index (κ2) is 15.3. The van der Waals surface area contributed by atoms with Gasteiger partial charge in [-0.3, -0.25) is 0 Å². The molecule has 284 valence electrons. The molecule has 0 amide bonds. The largest absolute Gasteiger partial charge is 0.376 e. The van der Waals surface area contributed by atoms with Crippen molar-refractivity contribution in [3.05, 3.63) is 255 Å². The van der Waals surface area contributed by atoms with Gasteiger partial charge in [-0.1, -0.05) is 215 Å². The molecule has 59 heavy (non-hydrogen) atoms. The summed E-state index contributed by atoms with van der Waals surface area (Å²) in [7, 11) is 0. The van der Waals surface area contributed by atoms with Gasteiger partial charge in [0.05, 0.1) is 5.41 Å². The smallest absolute Gasteiger partial charge is 0.142 e. The maximum absolute atomic E-state index is 12.6. The first-order valence-corrected chi connectivity index (χ1v) is 22.6. The Labute approximate surface area is 378 Å². The van der Waals surface area contributed by atoms with Crippen LogP contribution in [0.3, 0.4) is 0 Å². The molecule has 0 aliphatic heterocycles. The lowest BCUT2D eigenvalue weighted by Gasteiger charge is -2.35. The normalized spacial score (nSPS) is 14.3. The van der Waals surface area contributed by atoms with E-state index in [1.54, 1.807) is 0 Å². The Balaban J connectivity index is 0.000000143. The molecule has 11 rings (SSSR count). The van der Waals surface area contributed by atoms with Crippen molar-refractivity contribution in [3.8, 4) is 22.3 Å². The fraction of sp³-hybridized carbons (Fsp3) is 0.0370. The van der Waals surface area contributed by atoms with Gasteiger partial charge >= 0.3 is 0 Å². The van der Waals surface area contributed by atoms with Crippen LogP contribution < -0.4 is 0 Å². The molecule has 0 unspecified atom stereocenters. The summed E-state index contributed by atoms with van der Waals surface area (Å²) in [4.78, 5) is 0. The summed E-state index contributed by atoms with van der Waals surface area (Å²) in [5.41, 5.74) is 15.5. The van der Waals surface area contributed by atoms with Crippen molar-refractivity contribution in [2.45, 2.75) is 11.0 Å². The van der Waals surface area contributed by atoms with Crippen LogP contribution in [0.4, 0.5) is 0 Å². The van der Waals surface area contributed by atoms with Gasteiger partial charge < -0.3 is 5.11 Å². The molecule has 3 aliphatic rings. The number of rotatable bonds is 2. The van der Waals surface area contributed by atoms with Crippen molar-refractivity contribution in [1.82, 2.24) is 0 Å². The van der Waals surface area contributed by atoms with Crippen LogP contribution in [0.15, 0.2) is 194 Å². The van der Waals surface area contributed by atoms with E-state index in [9.17, 15) is 5.11 Å². The van der Waals surface area contributed by atoms with Gasteiger partial charge in [-0.2, -0.15) is 0 Å². The minimum Gasteiger partial charge on any atom is -0.376 e. The maximum atomic E-state index is 12.6. The summed E-state index contributed by atoms with van der Waals surface area (Å²) >= 11 is 14.7. The number of benzene rings is 8. The van der Waals surface area contributed by atoms with Crippen LogP contribution in [-0.2, 0) is 11.0 Å². The van der Waals surface area contributed by atoms with Crippen molar-refractivity contribution in [1.29, 1.82) is 0 Å². The van der Waals surface area contributed by atoms with Crippen LogP contribution in [0, 0.1) is 0 Å². The quantitative estimate of drug-likeness (QED) is 0.183. The highest BCUT2D eigenvalue weighted by atomic mass is 79.9. The van der Waals surface area contributed by atoms with Gasteiger partial charge in [0.1, 0.15) is 5.60 Å². The van der Waals surface area contributed by atoms with E-state index in [0.717, 1.165) is 56.8 Å². The van der Waals surface area contributed by atoms with E-state index < -0.39 is 5.60 Å². The summed E-state index contributed by atoms with van der Waals surface area (Å²) in [6.07, 6.45) is 8.68. The van der Waals surface area contributed by atoms with Gasteiger partial charge in [0.15, 0.2) is 0 Å². The number of fused-ring (bicyclic) bond motifs is 11. The highest BCUT2D eigenvalue weighted by Gasteiger charge is 2.48. The molecule has 0 aromatic heterocycles. The predicted octanol–water partition coefficient (Wildman–Crippen LogP) is 15.7. The Bertz CT molecular complexity index is 2860. The van der Waals surface area contributed by atoms with Crippen molar-refractivity contribution >= 4 is 88.0 Å². The summed E-state index contributed by atoms with van der Waals surface area (Å²) in [5, 5.41) is 12.6. The molecule has 0 saturated carbocycles. The van der Waals surface area contributed by atoms with E-state index in [1.807, 2.05) is 72.8 Å². The molecular formula is C54H34Br4O. The van der Waals surface area contributed by atoms with Gasteiger partial charge in [0.25, 0.3) is 0 Å². The summed E-state index contributed by atoms with van der Waals surface area (Å²) in [6.45, 7) is 0. The van der Waals surface area contributed by atoms with Crippen LogP contribution in [-0.4, -0.2) is 5.11 Å². The molecule has 1 spiro atoms. The number of halogens is 4. The van der Waals surface area contributed by atoms with Crippen LogP contribution in [0.5, 0.6) is 0 Å². The minimum atomic E-state index is -1.33. The number of hydrogen-bond acceptors (Lipinski definition) is 1. The van der Waals surface area contributed by atoms with E-state index in [2.05, 4.69) is 191 Å². The van der Waals surface area contributed by atoms with Crippen LogP contribution in [0.25, 0.3) is 46.6 Å². The molecule has 0 heterocycles. The summed E-state index contributed by atoms with van der Waals surface area (Å²) < 4.78 is 4.07. The molecule has 1 N–H and O–H groups in total. The van der Waals surface area contributed by atoms with E-state index in [4.69, 9.17) is 0 Å². The molecule has 3 aliphatic carbocycles. The Morgan fingerprint density at radius 1 is 0.305 bits per heavy atom. The lowest BCUT2D eigenvalue weighted by Crippen LogP contribution is -2.31. The zero-order chi connectivity index (χ0) is 40.3. The third kappa shape index (κ3) is 6.33. The molecule has 0 saturated heterocycles. The molecule has 8 aromatic carbocycles. The molecule has 8 aromatic rings. The molecule has 0 radical (unpaired) electrons. The van der Waals surface area contributed by atoms with E-state index in [1.165, 1.54) is 44.5 Å². The van der Waals surface area contributed by atoms with E-state index in [-0.39, 0.29) is 5.41 Å². The highest BCUT2D eigenvalue weighted by Crippen LogP contribution is 2.59. The lowest BCUT2D eigenvalue weighted by molar-refractivity contribution is 0.126.